The van der Waals surface area contributed by atoms with Gasteiger partial charge in [-0.3, -0.25) is 4.79 Å². The Morgan fingerprint density at radius 1 is 1.10 bits per heavy atom. The summed E-state index contributed by atoms with van der Waals surface area (Å²) in [6, 6.07) is 12.9. The molecule has 0 spiro atoms. The second-order valence-corrected chi connectivity index (χ2v) is 8.47. The van der Waals surface area contributed by atoms with Gasteiger partial charge in [0.25, 0.3) is 0 Å². The highest BCUT2D eigenvalue weighted by Gasteiger charge is 2.16. The van der Waals surface area contributed by atoms with E-state index in [1.807, 2.05) is 35.8 Å². The molecule has 6 nitrogen and oxygen atoms in total. The molecule has 3 aromatic rings. The number of carbonyl (C=O) groups excluding carboxylic acids is 1. The van der Waals surface area contributed by atoms with Crippen LogP contribution in [0.25, 0.3) is 11.4 Å². The van der Waals surface area contributed by atoms with E-state index in [1.54, 1.807) is 18.2 Å². The molecule has 1 amide bonds. The summed E-state index contributed by atoms with van der Waals surface area (Å²) in [5.74, 6) is 1.52. The van der Waals surface area contributed by atoms with Crippen LogP contribution in [0.1, 0.15) is 26.7 Å². The largest absolute Gasteiger partial charge is 0.494 e. The van der Waals surface area contributed by atoms with Gasteiger partial charge in [-0.15, -0.1) is 10.2 Å². The van der Waals surface area contributed by atoms with E-state index in [4.69, 9.17) is 27.9 Å². The van der Waals surface area contributed by atoms with E-state index in [-0.39, 0.29) is 11.7 Å². The molecule has 1 heterocycles. The number of nitrogens with zero attached hydrogens (tertiary/aromatic N) is 3. The van der Waals surface area contributed by atoms with Crippen molar-refractivity contribution in [2.45, 2.75) is 38.4 Å². The number of hydrogen-bond acceptors (Lipinski definition) is 5. The molecule has 0 atom stereocenters. The molecular formula is C22H24Cl2N4O2S. The number of thioether (sulfide) groups is 1. The first kappa shape index (κ1) is 23.4. The van der Waals surface area contributed by atoms with Crippen LogP contribution in [0, 0.1) is 0 Å². The van der Waals surface area contributed by atoms with E-state index in [9.17, 15) is 4.79 Å². The summed E-state index contributed by atoms with van der Waals surface area (Å²) in [6.07, 6.45) is 2.13. The zero-order valence-electron chi connectivity index (χ0n) is 17.4. The average molecular weight is 479 g/mol. The molecule has 0 aliphatic carbocycles. The fraction of sp³-hybridized carbons (Fsp3) is 0.318. The van der Waals surface area contributed by atoms with Gasteiger partial charge in [-0.2, -0.15) is 0 Å². The van der Waals surface area contributed by atoms with Crippen molar-refractivity contribution in [2.24, 2.45) is 0 Å². The van der Waals surface area contributed by atoms with Gasteiger partial charge >= 0.3 is 0 Å². The monoisotopic (exact) mass is 478 g/mol. The molecule has 0 fully saturated rings. The van der Waals surface area contributed by atoms with Crippen LogP contribution in [0.3, 0.4) is 0 Å². The summed E-state index contributed by atoms with van der Waals surface area (Å²) in [4.78, 5) is 12.4. The van der Waals surface area contributed by atoms with Gasteiger partial charge in [0.2, 0.25) is 5.91 Å². The highest BCUT2D eigenvalue weighted by atomic mass is 35.5. The minimum Gasteiger partial charge on any atom is -0.494 e. The molecule has 2 aromatic carbocycles. The molecule has 0 unspecified atom stereocenters. The normalized spacial score (nSPS) is 10.8. The standard InChI is InChI=1S/C22H24Cl2N4O2S/c1-3-5-13-30-16-11-9-15(10-12-16)21-26-27-22(28(21)4-2)31-14-19(29)25-20-17(23)7-6-8-18(20)24/h6-12H,3-5,13-14H2,1-2H3,(H,25,29). The molecule has 1 aromatic heterocycles. The van der Waals surface area contributed by atoms with Gasteiger partial charge in [-0.05, 0) is 49.7 Å². The van der Waals surface area contributed by atoms with E-state index >= 15 is 0 Å². The summed E-state index contributed by atoms with van der Waals surface area (Å²) in [7, 11) is 0. The Morgan fingerprint density at radius 3 is 2.45 bits per heavy atom. The fourth-order valence-electron chi connectivity index (χ4n) is 2.85. The van der Waals surface area contributed by atoms with Crippen LogP contribution in [0.2, 0.25) is 10.0 Å². The van der Waals surface area contributed by atoms with Crippen molar-refractivity contribution in [3.05, 3.63) is 52.5 Å². The van der Waals surface area contributed by atoms with Crippen LogP contribution in [0.15, 0.2) is 47.6 Å². The molecule has 3 rings (SSSR count). The summed E-state index contributed by atoms with van der Waals surface area (Å²) < 4.78 is 7.70. The first-order chi connectivity index (χ1) is 15.0. The van der Waals surface area contributed by atoms with Gasteiger partial charge in [0, 0.05) is 12.1 Å². The first-order valence-corrected chi connectivity index (χ1v) is 11.8. The molecule has 1 N–H and O–H groups in total. The number of carbonyl (C=O) groups is 1. The van der Waals surface area contributed by atoms with E-state index in [0.717, 1.165) is 30.0 Å². The number of unbranched alkanes of at least 4 members (excludes halogenated alkanes) is 1. The number of aromatic nitrogens is 3. The number of halogens is 2. The van der Waals surface area contributed by atoms with E-state index in [1.165, 1.54) is 11.8 Å². The maximum Gasteiger partial charge on any atom is 0.234 e. The predicted molar refractivity (Wildman–Crippen MR) is 127 cm³/mol. The number of ether oxygens (including phenoxy) is 1. The van der Waals surface area contributed by atoms with Gasteiger partial charge in [0.15, 0.2) is 11.0 Å². The van der Waals surface area contributed by atoms with Crippen LogP contribution in [0.4, 0.5) is 5.69 Å². The minimum atomic E-state index is -0.221. The van der Waals surface area contributed by atoms with Crippen molar-refractivity contribution < 1.29 is 9.53 Å². The molecule has 0 saturated heterocycles. The molecule has 0 bridgehead atoms. The Hall–Kier alpha value is -2.22. The van der Waals surface area contributed by atoms with Gasteiger partial charge in [-0.1, -0.05) is 54.4 Å². The van der Waals surface area contributed by atoms with Crippen molar-refractivity contribution >= 4 is 46.6 Å². The lowest BCUT2D eigenvalue weighted by molar-refractivity contribution is -0.113. The molecule has 9 heteroatoms. The molecule has 0 radical (unpaired) electrons. The number of hydrogen-bond donors (Lipinski definition) is 1. The number of amides is 1. The third-order valence-corrected chi connectivity index (χ3v) is 6.07. The topological polar surface area (TPSA) is 69.0 Å². The molecular weight excluding hydrogens is 455 g/mol. The number of benzene rings is 2. The van der Waals surface area contributed by atoms with Crippen LogP contribution in [-0.4, -0.2) is 33.0 Å². The summed E-state index contributed by atoms with van der Waals surface area (Å²) in [6.45, 7) is 5.54. The Kier molecular flexibility index (Phi) is 8.63. The highest BCUT2D eigenvalue weighted by molar-refractivity contribution is 7.99. The SMILES string of the molecule is CCCCOc1ccc(-c2nnc(SCC(=O)Nc3c(Cl)cccc3Cl)n2CC)cc1. The zero-order chi connectivity index (χ0) is 22.2. The number of para-hydroxylation sites is 1. The molecule has 31 heavy (non-hydrogen) atoms. The summed E-state index contributed by atoms with van der Waals surface area (Å²) in [5.41, 5.74) is 1.35. The number of nitrogens with one attached hydrogen (secondary N) is 1. The minimum absolute atomic E-state index is 0.157. The van der Waals surface area contributed by atoms with Crippen molar-refractivity contribution in [1.29, 1.82) is 0 Å². The third kappa shape index (κ3) is 6.15. The van der Waals surface area contributed by atoms with Crippen molar-refractivity contribution in [3.63, 3.8) is 0 Å². The zero-order valence-corrected chi connectivity index (χ0v) is 19.7. The maximum absolute atomic E-state index is 12.4. The van der Waals surface area contributed by atoms with Crippen molar-refractivity contribution in [2.75, 3.05) is 17.7 Å². The Bertz CT molecular complexity index is 1000. The Morgan fingerprint density at radius 2 is 1.81 bits per heavy atom. The second kappa shape index (κ2) is 11.4. The first-order valence-electron chi connectivity index (χ1n) is 10.1. The third-order valence-electron chi connectivity index (χ3n) is 4.47. The molecule has 164 valence electrons. The average Bonchev–Trinajstić information content (AvgIpc) is 3.18. The van der Waals surface area contributed by atoms with Crippen LogP contribution in [-0.2, 0) is 11.3 Å². The van der Waals surface area contributed by atoms with Gasteiger partial charge in [0.05, 0.1) is 28.1 Å². The molecule has 0 saturated carbocycles. The Balaban J connectivity index is 1.65. The second-order valence-electron chi connectivity index (χ2n) is 6.71. The van der Waals surface area contributed by atoms with Crippen LogP contribution in [0.5, 0.6) is 5.75 Å². The molecule has 0 aliphatic rings. The lowest BCUT2D eigenvalue weighted by Gasteiger charge is -2.10. The maximum atomic E-state index is 12.4. The van der Waals surface area contributed by atoms with E-state index in [0.29, 0.717) is 34.0 Å². The highest BCUT2D eigenvalue weighted by Crippen LogP contribution is 2.30. The van der Waals surface area contributed by atoms with E-state index in [2.05, 4.69) is 22.4 Å². The van der Waals surface area contributed by atoms with Crippen LogP contribution < -0.4 is 10.1 Å². The smallest absolute Gasteiger partial charge is 0.234 e. The van der Waals surface area contributed by atoms with Crippen molar-refractivity contribution in [1.82, 2.24) is 14.8 Å². The number of anilines is 1. The summed E-state index contributed by atoms with van der Waals surface area (Å²) >= 11 is 13.5. The summed E-state index contributed by atoms with van der Waals surface area (Å²) in [5, 5.41) is 12.8. The lowest BCUT2D eigenvalue weighted by Crippen LogP contribution is -2.15. The van der Waals surface area contributed by atoms with Crippen LogP contribution >= 0.6 is 35.0 Å². The quantitative estimate of drug-likeness (QED) is 0.278. The van der Waals surface area contributed by atoms with Gasteiger partial charge in [0.1, 0.15) is 5.75 Å². The van der Waals surface area contributed by atoms with E-state index < -0.39 is 0 Å². The fourth-order valence-corrected chi connectivity index (χ4v) is 4.15. The van der Waals surface area contributed by atoms with Gasteiger partial charge < -0.3 is 14.6 Å². The lowest BCUT2D eigenvalue weighted by atomic mass is 10.2. The van der Waals surface area contributed by atoms with Gasteiger partial charge in [-0.25, -0.2) is 0 Å². The predicted octanol–water partition coefficient (Wildman–Crippen LogP) is 6.18. The number of rotatable bonds is 10. The Labute approximate surface area is 196 Å². The molecule has 0 aliphatic heterocycles. The van der Waals surface area contributed by atoms with Crippen molar-refractivity contribution in [3.8, 4) is 17.1 Å².